The zero-order valence-corrected chi connectivity index (χ0v) is 12.2. The number of rotatable bonds is 7. The van der Waals surface area contributed by atoms with Gasteiger partial charge in [-0.05, 0) is 40.5 Å². The molecule has 1 unspecified atom stereocenters. The van der Waals surface area contributed by atoms with Crippen molar-refractivity contribution in [3.05, 3.63) is 0 Å². The lowest BCUT2D eigenvalue weighted by atomic mass is 9.95. The van der Waals surface area contributed by atoms with Crippen molar-refractivity contribution in [2.45, 2.75) is 52.6 Å². The Balaban J connectivity index is 4.23. The Morgan fingerprint density at radius 2 is 1.84 bits per heavy atom. The number of ketones is 1. The SMILES string of the molecule is CC(=O)C(CCCN=C(N)N)CC(=O)OC(C)(C)C. The van der Waals surface area contributed by atoms with Gasteiger partial charge in [0.25, 0.3) is 0 Å². The second kappa shape index (κ2) is 7.76. The molecule has 0 aliphatic rings. The van der Waals surface area contributed by atoms with E-state index in [1.807, 2.05) is 0 Å². The molecule has 0 spiro atoms. The van der Waals surface area contributed by atoms with E-state index < -0.39 is 5.60 Å². The maximum atomic E-state index is 11.7. The van der Waals surface area contributed by atoms with Crippen LogP contribution in [0.5, 0.6) is 0 Å². The molecule has 0 aliphatic carbocycles. The molecule has 0 rings (SSSR count). The quantitative estimate of drug-likeness (QED) is 0.310. The first-order chi connectivity index (χ1) is 8.61. The second-order valence-electron chi connectivity index (χ2n) is 5.55. The lowest BCUT2D eigenvalue weighted by Crippen LogP contribution is -2.27. The lowest BCUT2D eigenvalue weighted by Gasteiger charge is -2.21. The van der Waals surface area contributed by atoms with E-state index in [4.69, 9.17) is 16.2 Å². The number of Topliss-reactive ketones (excluding diaryl/α,β-unsaturated/α-hetero) is 1. The van der Waals surface area contributed by atoms with Gasteiger partial charge >= 0.3 is 5.97 Å². The van der Waals surface area contributed by atoms with Crippen LogP contribution in [0.1, 0.15) is 47.0 Å². The van der Waals surface area contributed by atoms with Crippen LogP contribution < -0.4 is 11.5 Å². The molecule has 1 atom stereocenters. The number of ether oxygens (including phenoxy) is 1. The smallest absolute Gasteiger partial charge is 0.307 e. The highest BCUT2D eigenvalue weighted by molar-refractivity contribution is 5.83. The van der Waals surface area contributed by atoms with Crippen LogP contribution in [0.25, 0.3) is 0 Å². The van der Waals surface area contributed by atoms with E-state index in [-0.39, 0.29) is 30.1 Å². The molecule has 0 aliphatic heterocycles. The Bertz CT molecular complexity index is 342. The molecule has 0 saturated heterocycles. The highest BCUT2D eigenvalue weighted by Crippen LogP contribution is 2.16. The zero-order valence-electron chi connectivity index (χ0n) is 12.2. The normalized spacial score (nSPS) is 12.6. The fourth-order valence-electron chi connectivity index (χ4n) is 1.58. The summed E-state index contributed by atoms with van der Waals surface area (Å²) in [4.78, 5) is 27.0. The summed E-state index contributed by atoms with van der Waals surface area (Å²) in [6.45, 7) is 7.33. The van der Waals surface area contributed by atoms with Crippen molar-refractivity contribution >= 4 is 17.7 Å². The van der Waals surface area contributed by atoms with Crippen molar-refractivity contribution in [2.75, 3.05) is 6.54 Å². The zero-order chi connectivity index (χ0) is 15.1. The molecule has 4 N–H and O–H groups in total. The molecule has 0 amide bonds. The Morgan fingerprint density at radius 1 is 1.26 bits per heavy atom. The minimum Gasteiger partial charge on any atom is -0.460 e. The fourth-order valence-corrected chi connectivity index (χ4v) is 1.58. The van der Waals surface area contributed by atoms with E-state index in [0.717, 1.165) is 0 Å². The topological polar surface area (TPSA) is 108 Å². The van der Waals surface area contributed by atoms with E-state index in [0.29, 0.717) is 19.4 Å². The van der Waals surface area contributed by atoms with Gasteiger partial charge in [-0.3, -0.25) is 14.6 Å². The first-order valence-electron chi connectivity index (χ1n) is 6.39. The summed E-state index contributed by atoms with van der Waals surface area (Å²) in [5.41, 5.74) is 9.88. The average Bonchev–Trinajstić information content (AvgIpc) is 2.19. The molecule has 6 nitrogen and oxygen atoms in total. The number of aliphatic imine (C=N–C) groups is 1. The molecule has 0 bridgehead atoms. The molecular formula is C13H25N3O3. The van der Waals surface area contributed by atoms with Gasteiger partial charge in [-0.15, -0.1) is 0 Å². The van der Waals surface area contributed by atoms with Crippen molar-refractivity contribution in [3.63, 3.8) is 0 Å². The number of guanidine groups is 1. The van der Waals surface area contributed by atoms with Gasteiger partial charge in [0.05, 0.1) is 6.42 Å². The first kappa shape index (κ1) is 17.4. The molecule has 0 heterocycles. The number of nitrogens with zero attached hydrogens (tertiary/aromatic N) is 1. The summed E-state index contributed by atoms with van der Waals surface area (Å²) in [5, 5.41) is 0. The molecular weight excluding hydrogens is 246 g/mol. The summed E-state index contributed by atoms with van der Waals surface area (Å²) in [7, 11) is 0. The van der Waals surface area contributed by atoms with Gasteiger partial charge in [0, 0.05) is 12.5 Å². The van der Waals surface area contributed by atoms with Gasteiger partial charge in [-0.2, -0.15) is 0 Å². The van der Waals surface area contributed by atoms with E-state index in [9.17, 15) is 9.59 Å². The van der Waals surface area contributed by atoms with Crippen LogP contribution in [0.15, 0.2) is 4.99 Å². The lowest BCUT2D eigenvalue weighted by molar-refractivity contribution is -0.157. The molecule has 110 valence electrons. The molecule has 0 fully saturated rings. The molecule has 6 heteroatoms. The minimum absolute atomic E-state index is 0.0180. The monoisotopic (exact) mass is 271 g/mol. The number of esters is 1. The van der Waals surface area contributed by atoms with Gasteiger partial charge < -0.3 is 16.2 Å². The third-order valence-corrected chi connectivity index (χ3v) is 2.41. The third-order valence-electron chi connectivity index (χ3n) is 2.41. The number of carbonyl (C=O) groups is 2. The summed E-state index contributed by atoms with van der Waals surface area (Å²) in [5.74, 6) is -0.666. The summed E-state index contributed by atoms with van der Waals surface area (Å²) in [6.07, 6.45) is 1.34. The molecule has 0 aromatic rings. The Morgan fingerprint density at radius 3 is 2.26 bits per heavy atom. The van der Waals surface area contributed by atoms with Crippen LogP contribution in [0.2, 0.25) is 0 Å². The van der Waals surface area contributed by atoms with E-state index in [2.05, 4.69) is 4.99 Å². The maximum Gasteiger partial charge on any atom is 0.307 e. The Labute approximate surface area is 114 Å². The Kier molecular flexibility index (Phi) is 7.11. The standard InChI is InChI=1S/C13H25N3O3/c1-9(17)10(6-5-7-16-12(14)15)8-11(18)19-13(2,3)4/h10H,5-8H2,1-4H3,(H4,14,15,16). The van der Waals surface area contributed by atoms with Gasteiger partial charge in [-0.1, -0.05) is 0 Å². The maximum absolute atomic E-state index is 11.7. The molecule has 0 saturated carbocycles. The number of hydrogen-bond acceptors (Lipinski definition) is 4. The third kappa shape index (κ3) is 10.1. The van der Waals surface area contributed by atoms with Crippen molar-refractivity contribution in [1.82, 2.24) is 0 Å². The first-order valence-corrected chi connectivity index (χ1v) is 6.39. The van der Waals surface area contributed by atoms with Crippen LogP contribution in [0.3, 0.4) is 0 Å². The average molecular weight is 271 g/mol. The van der Waals surface area contributed by atoms with Crippen molar-refractivity contribution in [3.8, 4) is 0 Å². The number of nitrogens with two attached hydrogens (primary N) is 2. The van der Waals surface area contributed by atoms with Gasteiger partial charge in [-0.25, -0.2) is 0 Å². The fraction of sp³-hybridized carbons (Fsp3) is 0.769. The van der Waals surface area contributed by atoms with Crippen LogP contribution in [-0.2, 0) is 14.3 Å². The highest BCUT2D eigenvalue weighted by Gasteiger charge is 2.22. The predicted molar refractivity (Wildman–Crippen MR) is 74.5 cm³/mol. The van der Waals surface area contributed by atoms with Crippen molar-refractivity contribution in [2.24, 2.45) is 22.4 Å². The summed E-state index contributed by atoms with van der Waals surface area (Å²) in [6, 6.07) is 0. The molecule has 0 aromatic heterocycles. The van der Waals surface area contributed by atoms with Crippen LogP contribution in [0, 0.1) is 5.92 Å². The van der Waals surface area contributed by atoms with Gasteiger partial charge in [0.1, 0.15) is 11.4 Å². The second-order valence-corrected chi connectivity index (χ2v) is 5.55. The van der Waals surface area contributed by atoms with Gasteiger partial charge in [0.15, 0.2) is 5.96 Å². The Hall–Kier alpha value is -1.59. The number of carbonyl (C=O) groups excluding carboxylic acids is 2. The van der Waals surface area contributed by atoms with E-state index in [1.165, 1.54) is 6.92 Å². The predicted octanol–water partition coefficient (Wildman–Crippen LogP) is 0.977. The minimum atomic E-state index is -0.531. The van der Waals surface area contributed by atoms with Crippen molar-refractivity contribution in [1.29, 1.82) is 0 Å². The van der Waals surface area contributed by atoms with Crippen LogP contribution >= 0.6 is 0 Å². The molecule has 0 aromatic carbocycles. The molecule has 0 radical (unpaired) electrons. The highest BCUT2D eigenvalue weighted by atomic mass is 16.6. The largest absolute Gasteiger partial charge is 0.460 e. The van der Waals surface area contributed by atoms with E-state index in [1.54, 1.807) is 20.8 Å². The number of hydrogen-bond donors (Lipinski definition) is 2. The van der Waals surface area contributed by atoms with Gasteiger partial charge in [0.2, 0.25) is 0 Å². The molecule has 19 heavy (non-hydrogen) atoms. The van der Waals surface area contributed by atoms with E-state index >= 15 is 0 Å². The summed E-state index contributed by atoms with van der Waals surface area (Å²) < 4.78 is 5.20. The summed E-state index contributed by atoms with van der Waals surface area (Å²) >= 11 is 0. The van der Waals surface area contributed by atoms with Crippen LogP contribution in [-0.4, -0.2) is 29.9 Å². The van der Waals surface area contributed by atoms with Crippen molar-refractivity contribution < 1.29 is 14.3 Å². The van der Waals surface area contributed by atoms with Crippen LogP contribution in [0.4, 0.5) is 0 Å².